The second-order valence-electron chi connectivity index (χ2n) is 3.86. The van der Waals surface area contributed by atoms with Gasteiger partial charge in [-0.15, -0.1) is 0 Å². The van der Waals surface area contributed by atoms with Gasteiger partial charge in [-0.1, -0.05) is 42.5 Å². The minimum Gasteiger partial charge on any atom is -0.466 e. The maximum absolute atomic E-state index is 11.0. The average Bonchev–Trinajstić information content (AvgIpc) is 2.35. The van der Waals surface area contributed by atoms with E-state index in [-0.39, 0.29) is 5.97 Å². The van der Waals surface area contributed by atoms with E-state index in [0.29, 0.717) is 13.0 Å². The quantitative estimate of drug-likeness (QED) is 0.408. The molecule has 0 fully saturated rings. The number of esters is 1. The van der Waals surface area contributed by atoms with Crippen molar-refractivity contribution in [2.75, 3.05) is 6.61 Å². The molecule has 17 heavy (non-hydrogen) atoms. The maximum Gasteiger partial charge on any atom is 0.309 e. The summed E-state index contributed by atoms with van der Waals surface area (Å²) in [6, 6.07) is 10.4. The largest absolute Gasteiger partial charge is 0.466 e. The Hall–Kier alpha value is -1.57. The Bertz CT molecular complexity index is 341. The van der Waals surface area contributed by atoms with Gasteiger partial charge in [-0.05, 0) is 31.7 Å². The summed E-state index contributed by atoms with van der Waals surface area (Å²) >= 11 is 0. The summed E-state index contributed by atoms with van der Waals surface area (Å²) < 4.78 is 4.83. The monoisotopic (exact) mass is 232 g/mol. The van der Waals surface area contributed by atoms with Gasteiger partial charge in [0.05, 0.1) is 13.0 Å². The Morgan fingerprint density at radius 1 is 1.24 bits per heavy atom. The van der Waals surface area contributed by atoms with E-state index in [9.17, 15) is 4.79 Å². The Morgan fingerprint density at radius 2 is 2.00 bits per heavy atom. The van der Waals surface area contributed by atoms with Gasteiger partial charge in [0.2, 0.25) is 0 Å². The number of hydrogen-bond donors (Lipinski definition) is 0. The molecule has 2 heteroatoms. The molecule has 0 unspecified atom stereocenters. The zero-order chi connectivity index (χ0) is 12.3. The Kier molecular flexibility index (Phi) is 6.80. The number of rotatable bonds is 7. The fraction of sp³-hybridized carbons (Fsp3) is 0.400. The first-order chi connectivity index (χ1) is 8.33. The predicted octanol–water partition coefficient (Wildman–Crippen LogP) is 3.52. The van der Waals surface area contributed by atoms with Crippen LogP contribution in [0.2, 0.25) is 0 Å². The zero-order valence-electron chi connectivity index (χ0n) is 10.4. The van der Waals surface area contributed by atoms with Crippen LogP contribution in [-0.4, -0.2) is 12.6 Å². The second kappa shape index (κ2) is 8.57. The lowest BCUT2D eigenvalue weighted by atomic mass is 10.1. The molecule has 0 aromatic heterocycles. The van der Waals surface area contributed by atoms with Gasteiger partial charge >= 0.3 is 5.97 Å². The van der Waals surface area contributed by atoms with E-state index in [1.54, 1.807) is 0 Å². The molecule has 2 nitrogen and oxygen atoms in total. The molecule has 0 spiro atoms. The first-order valence-electron chi connectivity index (χ1n) is 6.17. The molecule has 1 aromatic rings. The van der Waals surface area contributed by atoms with Crippen LogP contribution in [0.5, 0.6) is 0 Å². The highest BCUT2D eigenvalue weighted by Gasteiger charge is 1.95. The highest BCUT2D eigenvalue weighted by molar-refractivity contribution is 5.71. The van der Waals surface area contributed by atoms with E-state index in [2.05, 4.69) is 30.3 Å². The van der Waals surface area contributed by atoms with Crippen LogP contribution in [-0.2, 0) is 16.0 Å². The van der Waals surface area contributed by atoms with Crippen LogP contribution in [0.25, 0.3) is 0 Å². The van der Waals surface area contributed by atoms with Crippen molar-refractivity contribution in [3.63, 3.8) is 0 Å². The van der Waals surface area contributed by atoms with E-state index >= 15 is 0 Å². The van der Waals surface area contributed by atoms with Crippen LogP contribution in [0, 0.1) is 0 Å². The van der Waals surface area contributed by atoms with Crippen LogP contribution < -0.4 is 0 Å². The summed E-state index contributed by atoms with van der Waals surface area (Å²) in [4.78, 5) is 11.0. The number of aryl methyl sites for hydroxylation is 1. The van der Waals surface area contributed by atoms with E-state index in [1.165, 1.54) is 5.56 Å². The number of allylic oxidation sites excluding steroid dienone is 1. The van der Waals surface area contributed by atoms with Crippen molar-refractivity contribution >= 4 is 5.97 Å². The summed E-state index contributed by atoms with van der Waals surface area (Å²) in [7, 11) is 0. The van der Waals surface area contributed by atoms with Crippen molar-refractivity contribution in [3.8, 4) is 0 Å². The van der Waals surface area contributed by atoms with Crippen molar-refractivity contribution in [2.45, 2.75) is 32.6 Å². The van der Waals surface area contributed by atoms with Gasteiger partial charge in [0.15, 0.2) is 0 Å². The molecule has 0 N–H and O–H groups in total. The van der Waals surface area contributed by atoms with Crippen molar-refractivity contribution < 1.29 is 9.53 Å². The van der Waals surface area contributed by atoms with Crippen LogP contribution in [0.4, 0.5) is 0 Å². The fourth-order valence-corrected chi connectivity index (χ4v) is 1.59. The summed E-state index contributed by atoms with van der Waals surface area (Å²) in [6.07, 6.45) is 7.55. The Labute approximate surface area is 103 Å². The standard InChI is InChI=1S/C15H20O2/c1-2-17-15(16)13-9-4-3-6-10-14-11-7-5-8-12-14/h4-5,7-9,11-12H,2-3,6,10,13H2,1H3/b9-4+. The minimum atomic E-state index is -0.146. The summed E-state index contributed by atoms with van der Waals surface area (Å²) in [5.74, 6) is -0.146. The van der Waals surface area contributed by atoms with Gasteiger partial charge in [-0.2, -0.15) is 0 Å². The molecule has 0 heterocycles. The lowest BCUT2D eigenvalue weighted by molar-refractivity contribution is -0.142. The molecule has 0 saturated carbocycles. The normalized spacial score (nSPS) is 10.6. The Balaban J connectivity index is 2.08. The molecular weight excluding hydrogens is 212 g/mol. The molecule has 0 aliphatic heterocycles. The fourth-order valence-electron chi connectivity index (χ4n) is 1.59. The van der Waals surface area contributed by atoms with Crippen molar-refractivity contribution in [3.05, 3.63) is 48.0 Å². The first kappa shape index (κ1) is 13.5. The number of ether oxygens (including phenoxy) is 1. The number of benzene rings is 1. The average molecular weight is 232 g/mol. The van der Waals surface area contributed by atoms with Gasteiger partial charge in [0.1, 0.15) is 0 Å². The molecule has 0 radical (unpaired) electrons. The van der Waals surface area contributed by atoms with E-state index < -0.39 is 0 Å². The Morgan fingerprint density at radius 3 is 2.71 bits per heavy atom. The van der Waals surface area contributed by atoms with Crippen molar-refractivity contribution in [2.24, 2.45) is 0 Å². The molecule has 0 atom stereocenters. The van der Waals surface area contributed by atoms with Crippen LogP contribution in [0.15, 0.2) is 42.5 Å². The molecule has 0 aliphatic carbocycles. The summed E-state index contributed by atoms with van der Waals surface area (Å²) in [5, 5.41) is 0. The molecule has 1 rings (SSSR count). The summed E-state index contributed by atoms with van der Waals surface area (Å²) in [6.45, 7) is 2.28. The molecule has 0 bridgehead atoms. The summed E-state index contributed by atoms with van der Waals surface area (Å²) in [5.41, 5.74) is 1.37. The lowest BCUT2D eigenvalue weighted by Gasteiger charge is -1.98. The number of carbonyl (C=O) groups is 1. The van der Waals surface area contributed by atoms with E-state index in [0.717, 1.165) is 19.3 Å². The van der Waals surface area contributed by atoms with Crippen LogP contribution >= 0.6 is 0 Å². The van der Waals surface area contributed by atoms with Gasteiger partial charge in [-0.25, -0.2) is 0 Å². The third-order valence-corrected chi connectivity index (χ3v) is 2.44. The van der Waals surface area contributed by atoms with Crippen LogP contribution in [0.3, 0.4) is 0 Å². The topological polar surface area (TPSA) is 26.3 Å². The molecule has 0 aliphatic rings. The molecule has 92 valence electrons. The van der Waals surface area contributed by atoms with Gasteiger partial charge in [0.25, 0.3) is 0 Å². The molecular formula is C15H20O2. The zero-order valence-corrected chi connectivity index (χ0v) is 10.4. The molecule has 0 amide bonds. The number of unbranched alkanes of at least 4 members (excludes halogenated alkanes) is 1. The lowest BCUT2D eigenvalue weighted by Crippen LogP contribution is -2.01. The van der Waals surface area contributed by atoms with Gasteiger partial charge < -0.3 is 4.74 Å². The molecule has 1 aromatic carbocycles. The third-order valence-electron chi connectivity index (χ3n) is 2.44. The first-order valence-corrected chi connectivity index (χ1v) is 6.17. The van der Waals surface area contributed by atoms with Gasteiger partial charge in [-0.3, -0.25) is 4.79 Å². The molecule has 0 saturated heterocycles. The SMILES string of the molecule is CCOC(=O)C/C=C/CCCc1ccccc1. The number of carbonyl (C=O) groups excluding carboxylic acids is 1. The van der Waals surface area contributed by atoms with Crippen molar-refractivity contribution in [1.29, 1.82) is 0 Å². The number of hydrogen-bond acceptors (Lipinski definition) is 2. The predicted molar refractivity (Wildman–Crippen MR) is 69.8 cm³/mol. The van der Waals surface area contributed by atoms with Gasteiger partial charge in [0, 0.05) is 0 Å². The smallest absolute Gasteiger partial charge is 0.309 e. The third kappa shape index (κ3) is 6.56. The maximum atomic E-state index is 11.0. The van der Waals surface area contributed by atoms with Crippen molar-refractivity contribution in [1.82, 2.24) is 0 Å². The highest BCUT2D eigenvalue weighted by Crippen LogP contribution is 2.05. The van der Waals surface area contributed by atoms with E-state index in [4.69, 9.17) is 4.74 Å². The van der Waals surface area contributed by atoms with Crippen LogP contribution in [0.1, 0.15) is 31.7 Å². The highest BCUT2D eigenvalue weighted by atomic mass is 16.5. The minimum absolute atomic E-state index is 0.146. The second-order valence-corrected chi connectivity index (χ2v) is 3.86. The van der Waals surface area contributed by atoms with E-state index in [1.807, 2.05) is 19.1 Å².